The maximum atomic E-state index is 12.1. The lowest BCUT2D eigenvalue weighted by molar-refractivity contribution is -0.144. The van der Waals surface area contributed by atoms with Gasteiger partial charge in [0.1, 0.15) is 6.04 Å². The van der Waals surface area contributed by atoms with Crippen molar-refractivity contribution in [3.63, 3.8) is 0 Å². The van der Waals surface area contributed by atoms with Gasteiger partial charge in [-0.25, -0.2) is 0 Å². The molecule has 0 aromatic heterocycles. The zero-order valence-electron chi connectivity index (χ0n) is 11.5. The fraction of sp³-hybridized carbons (Fsp3) is 0.833. The molecule has 19 heavy (non-hydrogen) atoms. The quantitative estimate of drug-likeness (QED) is 0.697. The first-order valence-corrected chi connectivity index (χ1v) is 7.87. The highest BCUT2D eigenvalue weighted by Gasteiger charge is 2.28. The van der Waals surface area contributed by atoms with Crippen LogP contribution in [0.2, 0.25) is 0 Å². The van der Waals surface area contributed by atoms with E-state index in [0.717, 1.165) is 5.75 Å². The van der Waals surface area contributed by atoms with Crippen molar-refractivity contribution in [2.24, 2.45) is 5.73 Å². The third-order valence-corrected chi connectivity index (χ3v) is 4.13. The summed E-state index contributed by atoms with van der Waals surface area (Å²) in [5.74, 6) is 0.0382. The van der Waals surface area contributed by atoms with E-state index in [1.165, 1.54) is 0 Å². The SMILES string of the molecule is CSCC[C@@H](N)C(=O)N1CCN(C(C)C(=O)O)CC1. The number of carboxylic acid groups (broad SMARTS) is 1. The molecule has 110 valence electrons. The fourth-order valence-electron chi connectivity index (χ4n) is 2.09. The number of nitrogens with two attached hydrogens (primary N) is 1. The van der Waals surface area contributed by atoms with E-state index in [2.05, 4.69) is 0 Å². The summed E-state index contributed by atoms with van der Waals surface area (Å²) in [4.78, 5) is 26.6. The second kappa shape index (κ2) is 7.72. The van der Waals surface area contributed by atoms with Crippen LogP contribution >= 0.6 is 11.8 Å². The average molecular weight is 289 g/mol. The minimum Gasteiger partial charge on any atom is -0.480 e. The summed E-state index contributed by atoms with van der Waals surface area (Å²) in [6.07, 6.45) is 2.68. The minimum atomic E-state index is -0.823. The number of carbonyl (C=O) groups is 2. The van der Waals surface area contributed by atoms with Gasteiger partial charge in [0, 0.05) is 26.2 Å². The monoisotopic (exact) mass is 289 g/mol. The molecule has 0 bridgehead atoms. The van der Waals surface area contributed by atoms with Gasteiger partial charge in [0.15, 0.2) is 0 Å². The number of nitrogens with zero attached hydrogens (tertiary/aromatic N) is 2. The van der Waals surface area contributed by atoms with Crippen LogP contribution in [-0.2, 0) is 9.59 Å². The zero-order chi connectivity index (χ0) is 14.4. The molecule has 0 aliphatic carbocycles. The summed E-state index contributed by atoms with van der Waals surface area (Å²) < 4.78 is 0. The number of hydrogen-bond acceptors (Lipinski definition) is 5. The molecule has 0 aromatic carbocycles. The van der Waals surface area contributed by atoms with Gasteiger partial charge in [0.2, 0.25) is 5.91 Å². The van der Waals surface area contributed by atoms with Crippen LogP contribution in [0.3, 0.4) is 0 Å². The second-order valence-corrected chi connectivity index (χ2v) is 5.75. The molecule has 0 saturated carbocycles. The van der Waals surface area contributed by atoms with Crippen molar-refractivity contribution in [2.45, 2.75) is 25.4 Å². The van der Waals surface area contributed by atoms with Crippen molar-refractivity contribution >= 4 is 23.6 Å². The maximum Gasteiger partial charge on any atom is 0.320 e. The van der Waals surface area contributed by atoms with Crippen molar-refractivity contribution in [3.05, 3.63) is 0 Å². The van der Waals surface area contributed by atoms with Crippen molar-refractivity contribution in [3.8, 4) is 0 Å². The summed E-state index contributed by atoms with van der Waals surface area (Å²) in [5, 5.41) is 8.95. The van der Waals surface area contributed by atoms with E-state index in [0.29, 0.717) is 32.6 Å². The Kier molecular flexibility index (Phi) is 6.60. The largest absolute Gasteiger partial charge is 0.480 e. The van der Waals surface area contributed by atoms with Crippen molar-refractivity contribution in [2.75, 3.05) is 38.2 Å². The van der Waals surface area contributed by atoms with E-state index in [-0.39, 0.29) is 5.91 Å². The summed E-state index contributed by atoms with van der Waals surface area (Å²) in [5.41, 5.74) is 5.86. The lowest BCUT2D eigenvalue weighted by Crippen LogP contribution is -2.56. The van der Waals surface area contributed by atoms with E-state index in [1.807, 2.05) is 11.2 Å². The molecular weight excluding hydrogens is 266 g/mol. The van der Waals surface area contributed by atoms with Crippen LogP contribution < -0.4 is 5.73 Å². The maximum absolute atomic E-state index is 12.1. The van der Waals surface area contributed by atoms with E-state index in [9.17, 15) is 9.59 Å². The van der Waals surface area contributed by atoms with E-state index in [1.54, 1.807) is 23.6 Å². The number of carbonyl (C=O) groups excluding carboxylic acids is 1. The Morgan fingerprint density at radius 2 is 1.89 bits per heavy atom. The van der Waals surface area contributed by atoms with Crippen LogP contribution in [0.4, 0.5) is 0 Å². The predicted octanol–water partition coefficient (Wildman–Crippen LogP) is -0.316. The van der Waals surface area contributed by atoms with Crippen molar-refractivity contribution in [1.29, 1.82) is 0 Å². The summed E-state index contributed by atoms with van der Waals surface area (Å²) in [7, 11) is 0. The molecule has 1 heterocycles. The van der Waals surface area contributed by atoms with Gasteiger partial charge in [-0.2, -0.15) is 11.8 Å². The molecule has 1 unspecified atom stereocenters. The molecule has 7 heteroatoms. The number of piperazine rings is 1. The zero-order valence-corrected chi connectivity index (χ0v) is 12.4. The van der Waals surface area contributed by atoms with Gasteiger partial charge in [0.05, 0.1) is 6.04 Å². The van der Waals surface area contributed by atoms with E-state index >= 15 is 0 Å². The Morgan fingerprint density at radius 1 is 1.32 bits per heavy atom. The number of rotatable bonds is 6. The molecule has 1 fully saturated rings. The Bertz CT molecular complexity index is 319. The lowest BCUT2D eigenvalue weighted by atomic mass is 10.1. The van der Waals surface area contributed by atoms with Gasteiger partial charge < -0.3 is 15.7 Å². The third kappa shape index (κ3) is 4.67. The fourth-order valence-corrected chi connectivity index (χ4v) is 2.58. The summed E-state index contributed by atoms with van der Waals surface area (Å²) >= 11 is 1.68. The topological polar surface area (TPSA) is 86.9 Å². The number of carboxylic acids is 1. The lowest BCUT2D eigenvalue weighted by Gasteiger charge is -2.37. The molecule has 0 radical (unpaired) electrons. The first-order chi connectivity index (χ1) is 8.97. The molecule has 1 aliphatic heterocycles. The molecule has 2 atom stereocenters. The number of thioether (sulfide) groups is 1. The molecule has 6 nitrogen and oxygen atoms in total. The highest BCUT2D eigenvalue weighted by molar-refractivity contribution is 7.98. The number of amides is 1. The third-order valence-electron chi connectivity index (χ3n) is 3.48. The Hall–Kier alpha value is -0.790. The van der Waals surface area contributed by atoms with Gasteiger partial charge in [-0.15, -0.1) is 0 Å². The van der Waals surface area contributed by atoms with Crippen LogP contribution in [-0.4, -0.2) is 77.1 Å². The number of aliphatic carboxylic acids is 1. The Morgan fingerprint density at radius 3 is 2.37 bits per heavy atom. The smallest absolute Gasteiger partial charge is 0.320 e. The van der Waals surface area contributed by atoms with Crippen LogP contribution in [0.15, 0.2) is 0 Å². The van der Waals surface area contributed by atoms with Gasteiger partial charge in [-0.1, -0.05) is 0 Å². The average Bonchev–Trinajstić information content (AvgIpc) is 2.43. The van der Waals surface area contributed by atoms with Crippen molar-refractivity contribution < 1.29 is 14.7 Å². The van der Waals surface area contributed by atoms with Crippen LogP contribution in [0.5, 0.6) is 0 Å². The molecule has 1 amide bonds. The van der Waals surface area contributed by atoms with Gasteiger partial charge in [-0.3, -0.25) is 14.5 Å². The van der Waals surface area contributed by atoms with Gasteiger partial charge >= 0.3 is 5.97 Å². The first-order valence-electron chi connectivity index (χ1n) is 6.47. The second-order valence-electron chi connectivity index (χ2n) is 4.76. The molecule has 3 N–H and O–H groups in total. The molecule has 1 rings (SSSR count). The molecule has 0 aromatic rings. The Balaban J connectivity index is 2.40. The highest BCUT2D eigenvalue weighted by atomic mass is 32.2. The minimum absolute atomic E-state index is 0.0170. The standard InChI is InChI=1S/C12H23N3O3S/c1-9(12(17)18)14-4-6-15(7-5-14)11(16)10(13)3-8-19-2/h9-10H,3-8,13H2,1-2H3,(H,17,18)/t9?,10-/m1/s1. The molecule has 0 spiro atoms. The highest BCUT2D eigenvalue weighted by Crippen LogP contribution is 2.09. The summed E-state index contributed by atoms with van der Waals surface area (Å²) in [6, 6.07) is -0.932. The first kappa shape index (κ1) is 16.3. The van der Waals surface area contributed by atoms with Crippen LogP contribution in [0.25, 0.3) is 0 Å². The van der Waals surface area contributed by atoms with Crippen LogP contribution in [0, 0.1) is 0 Å². The van der Waals surface area contributed by atoms with E-state index < -0.39 is 18.1 Å². The predicted molar refractivity (Wildman–Crippen MR) is 76.2 cm³/mol. The van der Waals surface area contributed by atoms with Crippen molar-refractivity contribution in [1.82, 2.24) is 9.80 Å². The van der Waals surface area contributed by atoms with Gasteiger partial charge in [-0.05, 0) is 25.4 Å². The molecule has 1 saturated heterocycles. The normalized spacial score (nSPS) is 20.1. The number of hydrogen-bond donors (Lipinski definition) is 2. The summed E-state index contributed by atoms with van der Waals surface area (Å²) in [6.45, 7) is 3.97. The molecule has 1 aliphatic rings. The van der Waals surface area contributed by atoms with Crippen LogP contribution in [0.1, 0.15) is 13.3 Å². The van der Waals surface area contributed by atoms with Gasteiger partial charge in [0.25, 0.3) is 0 Å². The molecular formula is C12H23N3O3S. The van der Waals surface area contributed by atoms with E-state index in [4.69, 9.17) is 10.8 Å². The Labute approximate surface area is 118 Å².